The minimum atomic E-state index is -0.668. The quantitative estimate of drug-likeness (QED) is 0.165. The van der Waals surface area contributed by atoms with E-state index in [0.29, 0.717) is 0 Å². The van der Waals surface area contributed by atoms with Crippen LogP contribution in [0.5, 0.6) is 0 Å². The van der Waals surface area contributed by atoms with Crippen LogP contribution in [0.3, 0.4) is 0 Å². The van der Waals surface area contributed by atoms with Gasteiger partial charge in [-0.1, -0.05) is 261 Å². The first-order valence-corrected chi connectivity index (χ1v) is 31.8. The van der Waals surface area contributed by atoms with E-state index in [9.17, 15) is 0 Å². The molecule has 0 saturated carbocycles. The van der Waals surface area contributed by atoms with E-state index in [1.807, 2.05) is 0 Å². The zero-order valence-electron chi connectivity index (χ0n) is 49.1. The summed E-state index contributed by atoms with van der Waals surface area (Å²) in [5.41, 5.74) is 34.7. The van der Waals surface area contributed by atoms with E-state index in [-0.39, 0.29) is 6.71 Å². The Morgan fingerprint density at radius 2 is 0.604 bits per heavy atom. The summed E-state index contributed by atoms with van der Waals surface area (Å²) in [4.78, 5) is 5.33. The Morgan fingerprint density at radius 1 is 0.264 bits per heavy atom. The normalized spacial score (nSPS) is 14.7. The molecule has 418 valence electrons. The third kappa shape index (κ3) is 5.73. The van der Waals surface area contributed by atoms with Crippen LogP contribution in [0.4, 0.5) is 34.1 Å². The molecule has 0 amide bonds. The van der Waals surface area contributed by atoms with Crippen LogP contribution in [0, 0.1) is 0 Å². The first-order valence-electron chi connectivity index (χ1n) is 31.8. The summed E-state index contributed by atoms with van der Waals surface area (Å²) < 4.78 is 15.0. The van der Waals surface area contributed by atoms with Gasteiger partial charge in [-0.25, -0.2) is 0 Å². The Labute approximate surface area is 524 Å². The summed E-state index contributed by atoms with van der Waals surface area (Å²) in [6, 6.07) is 112. The molecule has 91 heavy (non-hydrogen) atoms. The summed E-state index contributed by atoms with van der Waals surface area (Å²) in [7, 11) is 0. The third-order valence-electron chi connectivity index (χ3n) is 21.7. The molecule has 0 N–H and O–H groups in total. The minimum absolute atomic E-state index is 0.283. The van der Waals surface area contributed by atoms with Gasteiger partial charge in [-0.3, -0.25) is 0 Å². The smallest absolute Gasteiger partial charge is 0.252 e. The maximum absolute atomic E-state index is 7.49. The highest BCUT2D eigenvalue weighted by Crippen LogP contribution is 2.68. The van der Waals surface area contributed by atoms with E-state index in [0.717, 1.165) is 89.1 Å². The predicted octanol–water partition coefficient (Wildman–Crippen LogP) is 19.9. The molecule has 0 fully saturated rings. The molecule has 0 atom stereocenters. The molecule has 5 heteroatoms. The van der Waals surface area contributed by atoms with Gasteiger partial charge >= 0.3 is 0 Å². The van der Waals surface area contributed by atoms with Gasteiger partial charge in [0, 0.05) is 44.0 Å². The average molecular weight is 1150 g/mol. The second-order valence-corrected chi connectivity index (χ2v) is 25.5. The Bertz CT molecular complexity index is 5500. The van der Waals surface area contributed by atoms with Crippen molar-refractivity contribution < 1.29 is 8.83 Å². The first kappa shape index (κ1) is 48.4. The lowest BCUT2D eigenvalue weighted by Crippen LogP contribution is -2.61. The van der Waals surface area contributed by atoms with Crippen LogP contribution in [0.1, 0.15) is 44.5 Å². The van der Waals surface area contributed by atoms with Gasteiger partial charge in [0.1, 0.15) is 11.2 Å². The number of nitrogens with zero attached hydrogens (tertiary/aromatic N) is 2. The van der Waals surface area contributed by atoms with Crippen molar-refractivity contribution in [2.75, 3.05) is 9.80 Å². The molecule has 4 nitrogen and oxygen atoms in total. The Kier molecular flexibility index (Phi) is 9.11. The van der Waals surface area contributed by atoms with Gasteiger partial charge in [-0.05, 0) is 142 Å². The summed E-state index contributed by atoms with van der Waals surface area (Å²) in [5, 5.41) is 4.34. The third-order valence-corrected chi connectivity index (χ3v) is 21.7. The second kappa shape index (κ2) is 17.1. The zero-order chi connectivity index (χ0) is 59.0. The first-order chi connectivity index (χ1) is 45.2. The summed E-state index contributed by atoms with van der Waals surface area (Å²) >= 11 is 0. The Hall–Kier alpha value is -11.7. The van der Waals surface area contributed by atoms with Gasteiger partial charge in [-0.2, -0.15) is 0 Å². The molecule has 6 aliphatic rings. The summed E-state index contributed by atoms with van der Waals surface area (Å²) in [5.74, 6) is 0. The fourth-order valence-electron chi connectivity index (χ4n) is 18.5. The van der Waals surface area contributed by atoms with Crippen molar-refractivity contribution in [3.63, 3.8) is 0 Å². The van der Waals surface area contributed by atoms with E-state index >= 15 is 0 Å². The predicted molar refractivity (Wildman–Crippen MR) is 373 cm³/mol. The molecule has 22 rings (SSSR count). The molecule has 16 aromatic rings. The molecule has 4 aliphatic carbocycles. The molecular formula is C86H49BN2O2. The number of furan rings is 2. The monoisotopic (exact) mass is 1150 g/mol. The summed E-state index contributed by atoms with van der Waals surface area (Å²) in [6.45, 7) is -0.283. The highest BCUT2D eigenvalue weighted by Gasteiger charge is 2.57. The van der Waals surface area contributed by atoms with Crippen LogP contribution in [0.2, 0.25) is 0 Å². The van der Waals surface area contributed by atoms with Crippen LogP contribution >= 0.6 is 0 Å². The second-order valence-electron chi connectivity index (χ2n) is 25.5. The molecule has 0 saturated heterocycles. The minimum Gasteiger partial charge on any atom is -0.454 e. The highest BCUT2D eigenvalue weighted by atomic mass is 16.3. The average Bonchev–Trinajstić information content (AvgIpc) is 1.61. The van der Waals surface area contributed by atoms with Gasteiger partial charge in [0.15, 0.2) is 11.2 Å². The number of hydrogen-bond acceptors (Lipinski definition) is 4. The Morgan fingerprint density at radius 3 is 1.01 bits per heavy atom. The fourth-order valence-corrected chi connectivity index (χ4v) is 18.5. The van der Waals surface area contributed by atoms with Crippen LogP contribution in [0.25, 0.3) is 99.5 Å². The van der Waals surface area contributed by atoms with Gasteiger partial charge in [0.2, 0.25) is 0 Å². The molecular weight excluding hydrogens is 1100 g/mol. The van der Waals surface area contributed by atoms with Crippen molar-refractivity contribution in [3.05, 3.63) is 342 Å². The fraction of sp³-hybridized carbons (Fsp3) is 0.0233. The molecule has 2 spiro atoms. The SMILES string of the molecule is c1ccc(-c2cc3c4c(c2)N(c2cccc5c2C2(c6ccccc6-c6ccccc62)c2ccccc2-5)c2c(ccc5c2oc2ccccc25)B4c2ccc4c(oc5ccccc54)c2N3c2cccc3c2C2(c4ccccc4-c4ccccc42)c2ccccc2-3)cc1. The lowest BCUT2D eigenvalue weighted by Gasteiger charge is -2.46. The molecule has 2 aromatic heterocycles. The van der Waals surface area contributed by atoms with E-state index in [4.69, 9.17) is 8.83 Å². The van der Waals surface area contributed by atoms with Crippen molar-refractivity contribution in [1.29, 1.82) is 0 Å². The van der Waals surface area contributed by atoms with Crippen molar-refractivity contribution in [2.45, 2.75) is 10.8 Å². The number of benzene rings is 14. The largest absolute Gasteiger partial charge is 0.454 e. The highest BCUT2D eigenvalue weighted by molar-refractivity contribution is 7.00. The maximum atomic E-state index is 7.49. The molecule has 0 radical (unpaired) electrons. The van der Waals surface area contributed by atoms with Crippen LogP contribution in [0.15, 0.2) is 306 Å². The lowest BCUT2D eigenvalue weighted by atomic mass is 9.33. The number of fused-ring (bicyclic) bond motifs is 32. The van der Waals surface area contributed by atoms with Gasteiger partial charge in [-0.15, -0.1) is 0 Å². The Balaban J connectivity index is 0.930. The van der Waals surface area contributed by atoms with Gasteiger partial charge in [0.05, 0.1) is 33.6 Å². The molecule has 4 heterocycles. The van der Waals surface area contributed by atoms with Crippen molar-refractivity contribution in [3.8, 4) is 55.6 Å². The van der Waals surface area contributed by atoms with Gasteiger partial charge in [0.25, 0.3) is 6.71 Å². The maximum Gasteiger partial charge on any atom is 0.252 e. The molecule has 14 aromatic carbocycles. The van der Waals surface area contributed by atoms with Crippen molar-refractivity contribution >= 4 is 101 Å². The molecule has 0 bridgehead atoms. The lowest BCUT2D eigenvalue weighted by molar-refractivity contribution is 0.669. The molecule has 0 unspecified atom stereocenters. The standard InChI is InChI=1S/C86H49BN2O2/c1-2-22-50(23-3-1)51-48-74-80-75(49-51)89(73-41-21-33-61-57-29-9-17-39-69(57)86(79(61)73)66-36-14-6-26-54(66)55-27-7-15-37-67(55)86)82-71(47-45-63-59-31-11-19-43-77(59)91-84(63)82)87(80)70-46-44-62-58-30-10-18-42-76(58)90-83(62)81(70)88(74)72-40-20-32-60-56-28-8-16-38-68(56)85(78(60)72)64-34-12-4-24-52(64)53-25-5-13-35-65(53)85/h1-49H. The number of hydrogen-bond donors (Lipinski definition) is 0. The number of rotatable bonds is 3. The van der Waals surface area contributed by atoms with E-state index < -0.39 is 10.8 Å². The van der Waals surface area contributed by atoms with Crippen LogP contribution in [-0.4, -0.2) is 6.71 Å². The van der Waals surface area contributed by atoms with Crippen molar-refractivity contribution in [2.24, 2.45) is 0 Å². The van der Waals surface area contributed by atoms with E-state index in [2.05, 4.69) is 307 Å². The van der Waals surface area contributed by atoms with Gasteiger partial charge < -0.3 is 18.6 Å². The zero-order valence-corrected chi connectivity index (χ0v) is 49.1. The summed E-state index contributed by atoms with van der Waals surface area (Å²) in [6.07, 6.45) is 0. The van der Waals surface area contributed by atoms with E-state index in [1.54, 1.807) is 0 Å². The molecule has 2 aliphatic heterocycles. The number of anilines is 6. The van der Waals surface area contributed by atoms with Crippen LogP contribution < -0.4 is 26.2 Å². The van der Waals surface area contributed by atoms with Crippen molar-refractivity contribution in [1.82, 2.24) is 0 Å². The van der Waals surface area contributed by atoms with E-state index in [1.165, 1.54) is 105 Å². The number of para-hydroxylation sites is 2. The van der Waals surface area contributed by atoms with Crippen LogP contribution in [-0.2, 0) is 10.8 Å². The topological polar surface area (TPSA) is 32.8 Å².